The van der Waals surface area contributed by atoms with Crippen molar-refractivity contribution in [2.45, 2.75) is 31.0 Å². The Morgan fingerprint density at radius 1 is 1.04 bits per heavy atom. The van der Waals surface area contributed by atoms with Gasteiger partial charge < -0.3 is 15.5 Å². The van der Waals surface area contributed by atoms with Crippen molar-refractivity contribution in [2.24, 2.45) is 5.73 Å². The summed E-state index contributed by atoms with van der Waals surface area (Å²) in [6, 6.07) is 12.1. The smallest absolute Gasteiger partial charge is 0.416 e. The molecule has 1 fully saturated rings. The van der Waals surface area contributed by atoms with Crippen molar-refractivity contribution < 1.29 is 17.6 Å². The van der Waals surface area contributed by atoms with E-state index >= 15 is 0 Å². The van der Waals surface area contributed by atoms with E-state index in [1.165, 1.54) is 12.1 Å². The SMILES string of the molecule is NC1(Cc2nnc(-c3ccccc3Nc3ccc(C(F)(F)F)cc3)o2)CC1. The van der Waals surface area contributed by atoms with Crippen LogP contribution in [0.3, 0.4) is 0 Å². The van der Waals surface area contributed by atoms with Gasteiger partial charge in [-0.15, -0.1) is 10.2 Å². The third-order valence-electron chi connectivity index (χ3n) is 4.51. The first kappa shape index (κ1) is 17.5. The van der Waals surface area contributed by atoms with Crippen LogP contribution in [0.15, 0.2) is 52.9 Å². The minimum Gasteiger partial charge on any atom is -0.421 e. The Labute approximate surface area is 153 Å². The molecule has 1 aromatic heterocycles. The fraction of sp³-hybridized carbons (Fsp3) is 0.263. The van der Waals surface area contributed by atoms with E-state index in [1.54, 1.807) is 12.1 Å². The number of rotatable bonds is 5. The predicted molar refractivity (Wildman–Crippen MR) is 94.3 cm³/mol. The van der Waals surface area contributed by atoms with Crippen LogP contribution in [-0.4, -0.2) is 15.7 Å². The Hall–Kier alpha value is -2.87. The van der Waals surface area contributed by atoms with E-state index in [1.807, 2.05) is 12.1 Å². The van der Waals surface area contributed by atoms with Gasteiger partial charge in [0.1, 0.15) is 0 Å². The molecule has 0 spiro atoms. The molecule has 5 nitrogen and oxygen atoms in total. The fourth-order valence-corrected chi connectivity index (χ4v) is 2.75. The fourth-order valence-electron chi connectivity index (χ4n) is 2.75. The molecule has 1 aliphatic rings. The summed E-state index contributed by atoms with van der Waals surface area (Å²) in [5.41, 5.74) is 6.99. The molecule has 0 amide bonds. The molecule has 140 valence electrons. The number of halogens is 3. The second-order valence-electron chi connectivity index (χ2n) is 6.79. The molecule has 1 aliphatic carbocycles. The van der Waals surface area contributed by atoms with Crippen molar-refractivity contribution in [1.29, 1.82) is 0 Å². The van der Waals surface area contributed by atoms with Crippen molar-refractivity contribution in [3.8, 4) is 11.5 Å². The zero-order chi connectivity index (χ0) is 19.1. The summed E-state index contributed by atoms with van der Waals surface area (Å²) < 4.78 is 43.8. The molecule has 0 bridgehead atoms. The van der Waals surface area contributed by atoms with Crippen LogP contribution in [0.4, 0.5) is 24.5 Å². The van der Waals surface area contributed by atoms with E-state index in [2.05, 4.69) is 15.5 Å². The number of benzene rings is 2. The largest absolute Gasteiger partial charge is 0.421 e. The zero-order valence-corrected chi connectivity index (χ0v) is 14.3. The number of nitrogens with zero attached hydrogens (tertiary/aromatic N) is 2. The van der Waals surface area contributed by atoms with Gasteiger partial charge in [-0.25, -0.2) is 0 Å². The van der Waals surface area contributed by atoms with Crippen LogP contribution in [0.2, 0.25) is 0 Å². The van der Waals surface area contributed by atoms with Crippen molar-refractivity contribution >= 4 is 11.4 Å². The van der Waals surface area contributed by atoms with Gasteiger partial charge in [-0.1, -0.05) is 12.1 Å². The first-order valence-corrected chi connectivity index (χ1v) is 8.47. The lowest BCUT2D eigenvalue weighted by molar-refractivity contribution is -0.137. The van der Waals surface area contributed by atoms with Crippen molar-refractivity contribution in [3.63, 3.8) is 0 Å². The maximum Gasteiger partial charge on any atom is 0.416 e. The molecule has 0 unspecified atom stereocenters. The number of hydrogen-bond acceptors (Lipinski definition) is 5. The molecule has 4 rings (SSSR count). The summed E-state index contributed by atoms with van der Waals surface area (Å²) in [6.07, 6.45) is -1.94. The number of alkyl halides is 3. The summed E-state index contributed by atoms with van der Waals surface area (Å²) in [5, 5.41) is 11.2. The van der Waals surface area contributed by atoms with Gasteiger partial charge in [0.05, 0.1) is 16.8 Å². The highest BCUT2D eigenvalue weighted by Crippen LogP contribution is 2.36. The van der Waals surface area contributed by atoms with Crippen LogP contribution in [0, 0.1) is 0 Å². The molecule has 27 heavy (non-hydrogen) atoms. The summed E-state index contributed by atoms with van der Waals surface area (Å²) in [4.78, 5) is 0. The Bertz CT molecular complexity index is 946. The maximum atomic E-state index is 12.7. The van der Waals surface area contributed by atoms with Crippen molar-refractivity contribution in [1.82, 2.24) is 10.2 Å². The molecule has 1 saturated carbocycles. The van der Waals surface area contributed by atoms with Gasteiger partial charge >= 0.3 is 6.18 Å². The Balaban J connectivity index is 1.56. The Kier molecular flexibility index (Phi) is 4.15. The number of hydrogen-bond donors (Lipinski definition) is 2. The molecule has 0 atom stereocenters. The van der Waals surface area contributed by atoms with E-state index in [-0.39, 0.29) is 5.54 Å². The Morgan fingerprint density at radius 2 is 1.74 bits per heavy atom. The molecule has 0 radical (unpaired) electrons. The lowest BCUT2D eigenvalue weighted by Gasteiger charge is -2.11. The van der Waals surface area contributed by atoms with Gasteiger partial charge in [-0.05, 0) is 49.2 Å². The summed E-state index contributed by atoms with van der Waals surface area (Å²) >= 11 is 0. The number of nitrogens with two attached hydrogens (primary N) is 1. The topological polar surface area (TPSA) is 77.0 Å². The zero-order valence-electron chi connectivity index (χ0n) is 14.3. The monoisotopic (exact) mass is 374 g/mol. The van der Waals surface area contributed by atoms with Gasteiger partial charge in [0.2, 0.25) is 11.8 Å². The molecular weight excluding hydrogens is 357 g/mol. The van der Waals surface area contributed by atoms with Gasteiger partial charge in [-0.2, -0.15) is 13.2 Å². The van der Waals surface area contributed by atoms with Gasteiger partial charge in [0, 0.05) is 17.6 Å². The van der Waals surface area contributed by atoms with E-state index < -0.39 is 11.7 Å². The summed E-state index contributed by atoms with van der Waals surface area (Å²) in [7, 11) is 0. The van der Waals surface area contributed by atoms with Crippen LogP contribution in [-0.2, 0) is 12.6 Å². The molecule has 0 aliphatic heterocycles. The predicted octanol–water partition coefficient (Wildman–Crippen LogP) is 4.53. The van der Waals surface area contributed by atoms with Crippen molar-refractivity contribution in [3.05, 3.63) is 60.0 Å². The van der Waals surface area contributed by atoms with Crippen molar-refractivity contribution in [2.75, 3.05) is 5.32 Å². The second-order valence-corrected chi connectivity index (χ2v) is 6.79. The average molecular weight is 374 g/mol. The molecule has 3 aromatic rings. The lowest BCUT2D eigenvalue weighted by Crippen LogP contribution is -2.24. The molecule has 2 aromatic carbocycles. The van der Waals surface area contributed by atoms with Crippen LogP contribution >= 0.6 is 0 Å². The number of aromatic nitrogens is 2. The minimum absolute atomic E-state index is 0.234. The highest BCUT2D eigenvalue weighted by Gasteiger charge is 2.40. The van der Waals surface area contributed by atoms with Crippen LogP contribution in [0.1, 0.15) is 24.3 Å². The number of para-hydroxylation sites is 1. The molecule has 8 heteroatoms. The maximum absolute atomic E-state index is 12.7. The number of anilines is 2. The molecule has 0 saturated heterocycles. The number of nitrogens with one attached hydrogen (secondary N) is 1. The summed E-state index contributed by atoms with van der Waals surface area (Å²) in [5.74, 6) is 0.818. The standard InChI is InChI=1S/C19H17F3N4O/c20-19(21,22)12-5-7-13(8-6-12)24-15-4-2-1-3-14(15)17-26-25-16(27-17)11-18(23)9-10-18/h1-8,24H,9-11,23H2. The lowest BCUT2D eigenvalue weighted by atomic mass is 10.1. The minimum atomic E-state index is -4.36. The van der Waals surface area contributed by atoms with E-state index in [9.17, 15) is 13.2 Å². The third-order valence-corrected chi connectivity index (χ3v) is 4.51. The van der Waals surface area contributed by atoms with Gasteiger partial charge in [0.25, 0.3) is 0 Å². The highest BCUT2D eigenvalue weighted by molar-refractivity contribution is 5.76. The summed E-state index contributed by atoms with van der Waals surface area (Å²) in [6.45, 7) is 0. The first-order chi connectivity index (χ1) is 12.8. The molecular formula is C19H17F3N4O. The average Bonchev–Trinajstić information content (AvgIpc) is 3.17. The first-order valence-electron chi connectivity index (χ1n) is 8.47. The molecule has 3 N–H and O–H groups in total. The van der Waals surface area contributed by atoms with Gasteiger partial charge in [0.15, 0.2) is 0 Å². The Morgan fingerprint density at radius 3 is 2.41 bits per heavy atom. The van der Waals surface area contributed by atoms with E-state index in [0.29, 0.717) is 35.1 Å². The van der Waals surface area contributed by atoms with Crippen LogP contribution in [0.5, 0.6) is 0 Å². The highest BCUT2D eigenvalue weighted by atomic mass is 19.4. The third kappa shape index (κ3) is 3.95. The van der Waals surface area contributed by atoms with Gasteiger partial charge in [-0.3, -0.25) is 0 Å². The normalized spacial score (nSPS) is 15.6. The second kappa shape index (κ2) is 6.38. The van der Waals surface area contributed by atoms with E-state index in [4.69, 9.17) is 10.2 Å². The van der Waals surface area contributed by atoms with Crippen LogP contribution in [0.25, 0.3) is 11.5 Å². The quantitative estimate of drug-likeness (QED) is 0.686. The van der Waals surface area contributed by atoms with Crippen LogP contribution < -0.4 is 11.1 Å². The molecule has 1 heterocycles. The van der Waals surface area contributed by atoms with E-state index in [0.717, 1.165) is 25.0 Å².